The third-order valence-corrected chi connectivity index (χ3v) is 1.55. The Morgan fingerprint density at radius 3 is 2.18 bits per heavy atom. The van der Waals surface area contributed by atoms with Crippen molar-refractivity contribution in [3.8, 4) is 0 Å². The van der Waals surface area contributed by atoms with Gasteiger partial charge in [0.25, 0.3) is 0 Å². The lowest BCUT2D eigenvalue weighted by Crippen LogP contribution is -2.29. The highest BCUT2D eigenvalue weighted by Crippen LogP contribution is 2.27. The fourth-order valence-electron chi connectivity index (χ4n) is 1.19. The van der Waals surface area contributed by atoms with E-state index in [1.807, 2.05) is 0 Å². The number of ether oxygens (including phenoxy) is 2. The van der Waals surface area contributed by atoms with Crippen LogP contribution in [0.4, 0.5) is 0 Å². The van der Waals surface area contributed by atoms with Crippen molar-refractivity contribution in [2.75, 3.05) is 0 Å². The first-order chi connectivity index (χ1) is 4.92. The average molecular weight is 160 g/mol. The lowest BCUT2D eigenvalue weighted by Gasteiger charge is -2.15. The Labute approximate surface area is 65.1 Å². The van der Waals surface area contributed by atoms with Gasteiger partial charge < -0.3 is 14.6 Å². The molecule has 1 aliphatic heterocycles. The molecule has 4 nitrogen and oxygen atoms in total. The van der Waals surface area contributed by atoms with Crippen molar-refractivity contribution in [1.82, 2.24) is 0 Å². The molecule has 0 aromatic heterocycles. The molecule has 0 bridgehead atoms. The SMILES string of the molecule is CC1OC(C)(C)OC1C(=O)O. The summed E-state index contributed by atoms with van der Waals surface area (Å²) in [7, 11) is 0. The summed E-state index contributed by atoms with van der Waals surface area (Å²) in [5, 5.41) is 8.61. The van der Waals surface area contributed by atoms with Gasteiger partial charge in [-0.1, -0.05) is 0 Å². The Hall–Kier alpha value is -0.610. The van der Waals surface area contributed by atoms with E-state index in [2.05, 4.69) is 0 Å². The van der Waals surface area contributed by atoms with Crippen LogP contribution < -0.4 is 0 Å². The van der Waals surface area contributed by atoms with E-state index in [0.29, 0.717) is 0 Å². The molecule has 2 unspecified atom stereocenters. The number of aliphatic carboxylic acids is 1. The minimum Gasteiger partial charge on any atom is -0.479 e. The molecule has 0 aromatic rings. The second kappa shape index (κ2) is 2.46. The zero-order chi connectivity index (χ0) is 8.65. The van der Waals surface area contributed by atoms with Gasteiger partial charge in [0, 0.05) is 0 Å². The summed E-state index contributed by atoms with van der Waals surface area (Å²) in [5.41, 5.74) is 0. The Balaban J connectivity index is 2.66. The Morgan fingerprint density at radius 2 is 2.00 bits per heavy atom. The van der Waals surface area contributed by atoms with Crippen LogP contribution in [-0.4, -0.2) is 29.1 Å². The van der Waals surface area contributed by atoms with Crippen LogP contribution in [0.3, 0.4) is 0 Å². The maximum atomic E-state index is 10.5. The second-order valence-electron chi connectivity index (χ2n) is 3.10. The largest absolute Gasteiger partial charge is 0.479 e. The number of carbonyl (C=O) groups is 1. The van der Waals surface area contributed by atoms with Gasteiger partial charge in [0.15, 0.2) is 11.9 Å². The maximum Gasteiger partial charge on any atom is 0.335 e. The van der Waals surface area contributed by atoms with E-state index in [1.165, 1.54) is 0 Å². The van der Waals surface area contributed by atoms with Gasteiger partial charge in [-0.05, 0) is 20.8 Å². The molecule has 1 heterocycles. The maximum absolute atomic E-state index is 10.5. The monoisotopic (exact) mass is 160 g/mol. The van der Waals surface area contributed by atoms with Crippen molar-refractivity contribution in [3.63, 3.8) is 0 Å². The molecule has 1 rings (SSSR count). The molecule has 2 atom stereocenters. The van der Waals surface area contributed by atoms with Crippen molar-refractivity contribution in [3.05, 3.63) is 0 Å². The number of rotatable bonds is 1. The molecule has 0 aromatic carbocycles. The summed E-state index contributed by atoms with van der Waals surface area (Å²) in [5.74, 6) is -1.73. The zero-order valence-electron chi connectivity index (χ0n) is 6.83. The molecule has 1 fully saturated rings. The van der Waals surface area contributed by atoms with Crippen molar-refractivity contribution in [1.29, 1.82) is 0 Å². The van der Waals surface area contributed by atoms with Crippen LogP contribution in [0.5, 0.6) is 0 Å². The number of carboxylic acid groups (broad SMARTS) is 1. The van der Waals surface area contributed by atoms with Gasteiger partial charge in [0.2, 0.25) is 0 Å². The fraction of sp³-hybridized carbons (Fsp3) is 0.857. The minimum atomic E-state index is -0.969. The van der Waals surface area contributed by atoms with Crippen LogP contribution in [0.25, 0.3) is 0 Å². The van der Waals surface area contributed by atoms with E-state index < -0.39 is 17.9 Å². The van der Waals surface area contributed by atoms with Gasteiger partial charge in [-0.25, -0.2) is 4.79 Å². The summed E-state index contributed by atoms with van der Waals surface area (Å²) in [4.78, 5) is 10.5. The summed E-state index contributed by atoms with van der Waals surface area (Å²) in [6.07, 6.45) is -1.20. The van der Waals surface area contributed by atoms with Crippen LogP contribution in [-0.2, 0) is 14.3 Å². The molecule has 1 N–H and O–H groups in total. The minimum absolute atomic E-state index is 0.373. The number of hydrogen-bond acceptors (Lipinski definition) is 3. The van der Waals surface area contributed by atoms with E-state index in [0.717, 1.165) is 0 Å². The molecular weight excluding hydrogens is 148 g/mol. The molecule has 0 saturated carbocycles. The predicted molar refractivity (Wildman–Crippen MR) is 37.1 cm³/mol. The van der Waals surface area contributed by atoms with Gasteiger partial charge in [-0.15, -0.1) is 0 Å². The fourth-order valence-corrected chi connectivity index (χ4v) is 1.19. The summed E-state index contributed by atoms with van der Waals surface area (Å²) in [6.45, 7) is 5.09. The van der Waals surface area contributed by atoms with Crippen molar-refractivity contribution in [2.45, 2.75) is 38.8 Å². The lowest BCUT2D eigenvalue weighted by atomic mass is 10.2. The van der Waals surface area contributed by atoms with E-state index >= 15 is 0 Å². The molecule has 4 heteroatoms. The first kappa shape index (κ1) is 8.49. The molecule has 0 radical (unpaired) electrons. The molecule has 64 valence electrons. The van der Waals surface area contributed by atoms with E-state index in [-0.39, 0.29) is 6.10 Å². The first-order valence-corrected chi connectivity index (χ1v) is 3.51. The molecule has 0 amide bonds. The van der Waals surface area contributed by atoms with Gasteiger partial charge in [-0.3, -0.25) is 0 Å². The second-order valence-corrected chi connectivity index (χ2v) is 3.10. The van der Waals surface area contributed by atoms with Crippen molar-refractivity contribution < 1.29 is 19.4 Å². The lowest BCUT2D eigenvalue weighted by molar-refractivity contribution is -0.165. The van der Waals surface area contributed by atoms with Crippen LogP contribution in [0.2, 0.25) is 0 Å². The summed E-state index contributed by atoms with van der Waals surface area (Å²) in [6, 6.07) is 0. The van der Waals surface area contributed by atoms with E-state index in [4.69, 9.17) is 14.6 Å². The van der Waals surface area contributed by atoms with E-state index in [9.17, 15) is 4.79 Å². The van der Waals surface area contributed by atoms with Gasteiger partial charge in [-0.2, -0.15) is 0 Å². The summed E-state index contributed by atoms with van der Waals surface area (Å²) >= 11 is 0. The predicted octanol–water partition coefficient (Wildman–Crippen LogP) is 0.611. The summed E-state index contributed by atoms with van der Waals surface area (Å²) < 4.78 is 10.3. The highest BCUT2D eigenvalue weighted by molar-refractivity contribution is 5.73. The first-order valence-electron chi connectivity index (χ1n) is 3.51. The Bertz CT molecular complexity index is 175. The quantitative estimate of drug-likeness (QED) is 0.610. The average Bonchev–Trinajstić information content (AvgIpc) is 2.05. The van der Waals surface area contributed by atoms with Gasteiger partial charge >= 0.3 is 5.97 Å². The number of hydrogen-bond donors (Lipinski definition) is 1. The molecule has 0 aliphatic carbocycles. The molecule has 1 aliphatic rings. The molecule has 1 saturated heterocycles. The Morgan fingerprint density at radius 1 is 1.45 bits per heavy atom. The molecular formula is C7H12O4. The van der Waals surface area contributed by atoms with Crippen LogP contribution in [0.15, 0.2) is 0 Å². The van der Waals surface area contributed by atoms with Crippen LogP contribution in [0.1, 0.15) is 20.8 Å². The number of carboxylic acids is 1. The van der Waals surface area contributed by atoms with Gasteiger partial charge in [0.1, 0.15) is 0 Å². The van der Waals surface area contributed by atoms with Crippen LogP contribution >= 0.6 is 0 Å². The normalized spacial score (nSPS) is 35.5. The topological polar surface area (TPSA) is 55.8 Å². The standard InChI is InChI=1S/C7H12O4/c1-4-5(6(8)9)11-7(2,3)10-4/h4-5H,1-3H3,(H,8,9). The third-order valence-electron chi connectivity index (χ3n) is 1.55. The molecule has 11 heavy (non-hydrogen) atoms. The van der Waals surface area contributed by atoms with Crippen molar-refractivity contribution in [2.24, 2.45) is 0 Å². The van der Waals surface area contributed by atoms with Gasteiger partial charge in [0.05, 0.1) is 6.10 Å². The zero-order valence-corrected chi connectivity index (χ0v) is 6.83. The van der Waals surface area contributed by atoms with Crippen molar-refractivity contribution >= 4 is 5.97 Å². The third kappa shape index (κ3) is 1.70. The highest BCUT2D eigenvalue weighted by atomic mass is 16.8. The van der Waals surface area contributed by atoms with E-state index in [1.54, 1.807) is 20.8 Å². The highest BCUT2D eigenvalue weighted by Gasteiger charge is 2.42. The molecule has 0 spiro atoms. The van der Waals surface area contributed by atoms with Crippen LogP contribution in [0, 0.1) is 0 Å². The smallest absolute Gasteiger partial charge is 0.335 e. The Kier molecular flexibility index (Phi) is 1.90.